The highest BCUT2D eigenvalue weighted by Crippen LogP contribution is 2.16. The number of nitrogens with one attached hydrogen (secondary N) is 1. The van der Waals surface area contributed by atoms with E-state index in [2.05, 4.69) is 18.0 Å². The zero-order chi connectivity index (χ0) is 14.8. The van der Waals surface area contributed by atoms with Crippen LogP contribution in [0.15, 0.2) is 24.3 Å². The lowest BCUT2D eigenvalue weighted by atomic mass is 10.1. The lowest BCUT2D eigenvalue weighted by Crippen LogP contribution is -2.54. The summed E-state index contributed by atoms with van der Waals surface area (Å²) in [5.41, 5.74) is 5.38. The van der Waals surface area contributed by atoms with Crippen molar-refractivity contribution in [3.8, 4) is 0 Å². The first-order valence-electron chi connectivity index (χ1n) is 6.99. The molecule has 0 aromatic heterocycles. The van der Waals surface area contributed by atoms with Crippen LogP contribution in [0.1, 0.15) is 42.1 Å². The molecule has 1 aromatic rings. The van der Waals surface area contributed by atoms with Crippen molar-refractivity contribution < 1.29 is 15.3 Å². The van der Waals surface area contributed by atoms with E-state index < -0.39 is 0 Å². The maximum absolute atomic E-state index is 11.7. The third-order valence-corrected chi connectivity index (χ3v) is 3.82. The highest BCUT2D eigenvalue weighted by molar-refractivity contribution is 8.12. The van der Waals surface area contributed by atoms with Gasteiger partial charge in [0, 0.05) is 17.7 Å². The number of hydrogen-bond acceptors (Lipinski definition) is 3. The fourth-order valence-corrected chi connectivity index (χ4v) is 2.42. The standard InChI is InChI=1S/C15H22N2O2S/c1-2-3-4-14(18)20-11-12-5-7-13(8-6-12)15(19)17-10-9-16/h5-8H,2-4,9-11,16H2,1H3,(H,17,19)/p+1. The molecule has 5 heteroatoms. The van der Waals surface area contributed by atoms with E-state index in [0.29, 0.717) is 30.8 Å². The first kappa shape index (κ1) is 16.7. The predicted molar refractivity (Wildman–Crippen MR) is 82.4 cm³/mol. The van der Waals surface area contributed by atoms with Gasteiger partial charge < -0.3 is 11.1 Å². The van der Waals surface area contributed by atoms with E-state index in [1.807, 2.05) is 12.1 Å². The van der Waals surface area contributed by atoms with E-state index in [1.165, 1.54) is 11.8 Å². The fourth-order valence-electron chi connectivity index (χ4n) is 1.61. The van der Waals surface area contributed by atoms with Gasteiger partial charge in [-0.25, -0.2) is 0 Å². The Bertz CT molecular complexity index is 432. The van der Waals surface area contributed by atoms with Crippen LogP contribution in [0.3, 0.4) is 0 Å². The van der Waals surface area contributed by atoms with Crippen molar-refractivity contribution >= 4 is 22.8 Å². The molecule has 0 fully saturated rings. The van der Waals surface area contributed by atoms with E-state index in [9.17, 15) is 9.59 Å². The van der Waals surface area contributed by atoms with Crippen LogP contribution in [0.2, 0.25) is 0 Å². The molecule has 0 aliphatic rings. The van der Waals surface area contributed by atoms with Crippen molar-refractivity contribution in [2.24, 2.45) is 0 Å². The summed E-state index contributed by atoms with van der Waals surface area (Å²) in [7, 11) is 0. The first-order chi connectivity index (χ1) is 9.67. The van der Waals surface area contributed by atoms with Gasteiger partial charge in [-0.3, -0.25) is 9.59 Å². The van der Waals surface area contributed by atoms with Crippen molar-refractivity contribution in [2.75, 3.05) is 13.1 Å². The summed E-state index contributed by atoms with van der Waals surface area (Å²) in [5.74, 6) is 0.593. The third-order valence-electron chi connectivity index (χ3n) is 2.81. The minimum atomic E-state index is -0.0770. The van der Waals surface area contributed by atoms with E-state index >= 15 is 0 Å². The lowest BCUT2D eigenvalue weighted by Gasteiger charge is -2.04. The Balaban J connectivity index is 2.42. The molecular formula is C15H23N2O2S+. The zero-order valence-electron chi connectivity index (χ0n) is 12.0. The predicted octanol–water partition coefficient (Wildman–Crippen LogP) is 1.61. The molecule has 1 aromatic carbocycles. The number of thioether (sulfide) groups is 1. The minimum absolute atomic E-state index is 0.0770. The van der Waals surface area contributed by atoms with E-state index in [-0.39, 0.29) is 11.0 Å². The Kier molecular flexibility index (Phi) is 7.99. The summed E-state index contributed by atoms with van der Waals surface area (Å²) < 4.78 is 0. The van der Waals surface area contributed by atoms with Crippen LogP contribution in [0.25, 0.3) is 0 Å². The van der Waals surface area contributed by atoms with Gasteiger partial charge in [0.1, 0.15) is 0 Å². The molecule has 0 atom stereocenters. The Morgan fingerprint density at radius 1 is 1.25 bits per heavy atom. The topological polar surface area (TPSA) is 73.8 Å². The SMILES string of the molecule is CCCCC(=O)SCc1ccc(C(=O)NCC[NH3+])cc1. The second-order valence-corrected chi connectivity index (χ2v) is 5.60. The zero-order valence-corrected chi connectivity index (χ0v) is 12.8. The number of hydrogen-bond donors (Lipinski definition) is 2. The number of unbranched alkanes of at least 4 members (excludes halogenated alkanes) is 1. The summed E-state index contributed by atoms with van der Waals surface area (Å²) in [5, 5.41) is 3.02. The van der Waals surface area contributed by atoms with Gasteiger partial charge in [-0.1, -0.05) is 37.2 Å². The molecule has 4 N–H and O–H groups in total. The number of carbonyl (C=O) groups is 2. The molecule has 0 spiro atoms. The van der Waals surface area contributed by atoms with Gasteiger partial charge >= 0.3 is 0 Å². The molecule has 0 radical (unpaired) electrons. The first-order valence-corrected chi connectivity index (χ1v) is 7.98. The smallest absolute Gasteiger partial charge is 0.251 e. The van der Waals surface area contributed by atoms with Gasteiger partial charge in [-0.05, 0) is 24.1 Å². The molecule has 0 saturated carbocycles. The molecule has 0 heterocycles. The van der Waals surface area contributed by atoms with Crippen LogP contribution >= 0.6 is 11.8 Å². The Hall–Kier alpha value is -1.33. The molecule has 1 rings (SSSR count). The van der Waals surface area contributed by atoms with Crippen molar-refractivity contribution in [3.05, 3.63) is 35.4 Å². The third kappa shape index (κ3) is 6.21. The molecule has 0 aliphatic heterocycles. The Labute approximate surface area is 124 Å². The van der Waals surface area contributed by atoms with Crippen molar-refractivity contribution in [3.63, 3.8) is 0 Å². The van der Waals surface area contributed by atoms with E-state index in [1.54, 1.807) is 12.1 Å². The Morgan fingerprint density at radius 3 is 2.55 bits per heavy atom. The van der Waals surface area contributed by atoms with Crippen LogP contribution in [0, 0.1) is 0 Å². The van der Waals surface area contributed by atoms with Gasteiger partial charge in [0.25, 0.3) is 5.91 Å². The van der Waals surface area contributed by atoms with Crippen molar-refractivity contribution in [2.45, 2.75) is 31.9 Å². The van der Waals surface area contributed by atoms with E-state index in [4.69, 9.17) is 0 Å². The largest absolute Gasteiger partial charge is 0.356 e. The second kappa shape index (κ2) is 9.55. The summed E-state index contributed by atoms with van der Waals surface area (Å²) in [6.07, 6.45) is 2.65. The highest BCUT2D eigenvalue weighted by Gasteiger charge is 2.06. The monoisotopic (exact) mass is 295 g/mol. The molecule has 0 aliphatic carbocycles. The maximum Gasteiger partial charge on any atom is 0.251 e. The van der Waals surface area contributed by atoms with Crippen molar-refractivity contribution in [1.82, 2.24) is 5.32 Å². The number of carbonyl (C=O) groups excluding carboxylic acids is 2. The number of amides is 1. The fraction of sp³-hybridized carbons (Fsp3) is 0.467. The molecule has 110 valence electrons. The quantitative estimate of drug-likeness (QED) is 0.765. The summed E-state index contributed by atoms with van der Waals surface area (Å²) >= 11 is 1.35. The number of quaternary nitrogens is 1. The van der Waals surface area contributed by atoms with Gasteiger partial charge in [-0.15, -0.1) is 0 Å². The number of benzene rings is 1. The summed E-state index contributed by atoms with van der Waals surface area (Å²) in [4.78, 5) is 23.3. The number of rotatable bonds is 8. The van der Waals surface area contributed by atoms with Crippen LogP contribution < -0.4 is 11.1 Å². The van der Waals surface area contributed by atoms with Gasteiger partial charge in [0.15, 0.2) is 5.12 Å². The Morgan fingerprint density at radius 2 is 1.95 bits per heavy atom. The van der Waals surface area contributed by atoms with Crippen LogP contribution in [0.4, 0.5) is 0 Å². The summed E-state index contributed by atoms with van der Waals surface area (Å²) in [6.45, 7) is 3.35. The minimum Gasteiger partial charge on any atom is -0.356 e. The second-order valence-electron chi connectivity index (χ2n) is 4.57. The average molecular weight is 295 g/mol. The van der Waals surface area contributed by atoms with Gasteiger partial charge in [-0.2, -0.15) is 0 Å². The molecule has 0 unspecified atom stereocenters. The highest BCUT2D eigenvalue weighted by atomic mass is 32.2. The van der Waals surface area contributed by atoms with Crippen LogP contribution in [-0.4, -0.2) is 24.1 Å². The average Bonchev–Trinajstić information content (AvgIpc) is 2.49. The maximum atomic E-state index is 11.7. The summed E-state index contributed by atoms with van der Waals surface area (Å²) in [6, 6.07) is 7.40. The van der Waals surface area contributed by atoms with Gasteiger partial charge in [0.05, 0.1) is 13.1 Å². The lowest BCUT2D eigenvalue weighted by molar-refractivity contribution is -0.364. The molecule has 1 amide bonds. The molecule has 0 bridgehead atoms. The van der Waals surface area contributed by atoms with Crippen molar-refractivity contribution in [1.29, 1.82) is 0 Å². The molecule has 4 nitrogen and oxygen atoms in total. The normalized spacial score (nSPS) is 10.3. The van der Waals surface area contributed by atoms with Gasteiger partial charge in [0.2, 0.25) is 0 Å². The molecule has 20 heavy (non-hydrogen) atoms. The van der Waals surface area contributed by atoms with Crippen LogP contribution in [0.5, 0.6) is 0 Å². The van der Waals surface area contributed by atoms with Crippen LogP contribution in [-0.2, 0) is 10.5 Å². The molecular weight excluding hydrogens is 272 g/mol. The van der Waals surface area contributed by atoms with E-state index in [0.717, 1.165) is 18.4 Å². The molecule has 0 saturated heterocycles.